The molecule has 0 spiro atoms. The molecule has 26 heavy (non-hydrogen) atoms. The van der Waals surface area contributed by atoms with Crippen molar-refractivity contribution in [2.75, 3.05) is 26.2 Å². The van der Waals surface area contributed by atoms with Gasteiger partial charge < -0.3 is 19.5 Å². The predicted octanol–water partition coefficient (Wildman–Crippen LogP) is 0.384. The number of rotatable bonds is 3. The van der Waals surface area contributed by atoms with Gasteiger partial charge >= 0.3 is 11.8 Å². The van der Waals surface area contributed by atoms with E-state index in [9.17, 15) is 19.2 Å². The Bertz CT molecular complexity index is 782. The zero-order valence-electron chi connectivity index (χ0n) is 15.7. The van der Waals surface area contributed by atoms with E-state index < -0.39 is 16.9 Å². The van der Waals surface area contributed by atoms with Gasteiger partial charge in [-0.1, -0.05) is 0 Å². The zero-order valence-corrected chi connectivity index (χ0v) is 15.7. The molecule has 2 N–H and O–H groups in total. The molecule has 1 saturated heterocycles. The molecule has 0 atom stereocenters. The van der Waals surface area contributed by atoms with E-state index in [4.69, 9.17) is 4.74 Å². The molecular formula is C17H26N4O5. The number of nitrogens with one attached hydrogen (secondary N) is 2. The second kappa shape index (κ2) is 7.76. The highest BCUT2D eigenvalue weighted by Crippen LogP contribution is 2.12. The summed E-state index contributed by atoms with van der Waals surface area (Å²) in [5.74, 6) is -0.0844. The Kier molecular flexibility index (Phi) is 5.89. The van der Waals surface area contributed by atoms with Gasteiger partial charge in [0.2, 0.25) is 5.91 Å². The van der Waals surface area contributed by atoms with E-state index in [2.05, 4.69) is 9.97 Å². The number of ether oxygens (including phenoxy) is 1. The third-order valence-electron chi connectivity index (χ3n) is 4.13. The number of hydrogen-bond donors (Lipinski definition) is 2. The second-order valence-electron chi connectivity index (χ2n) is 7.36. The molecule has 0 radical (unpaired) electrons. The second-order valence-corrected chi connectivity index (χ2v) is 7.36. The number of amides is 2. The van der Waals surface area contributed by atoms with Crippen molar-refractivity contribution in [2.45, 2.75) is 46.1 Å². The van der Waals surface area contributed by atoms with Crippen LogP contribution >= 0.6 is 0 Å². The summed E-state index contributed by atoms with van der Waals surface area (Å²) in [5.41, 5.74) is -0.688. The maximum atomic E-state index is 12.4. The summed E-state index contributed by atoms with van der Waals surface area (Å²) in [5, 5.41) is 0. The van der Waals surface area contributed by atoms with Crippen molar-refractivity contribution in [3.8, 4) is 0 Å². The van der Waals surface area contributed by atoms with Gasteiger partial charge in [0.25, 0.3) is 5.56 Å². The molecular weight excluding hydrogens is 340 g/mol. The van der Waals surface area contributed by atoms with E-state index in [1.54, 1.807) is 16.7 Å². The Labute approximate surface area is 151 Å². The van der Waals surface area contributed by atoms with Crippen molar-refractivity contribution in [2.24, 2.45) is 0 Å². The maximum absolute atomic E-state index is 12.4. The van der Waals surface area contributed by atoms with Crippen LogP contribution in [0.3, 0.4) is 0 Å². The van der Waals surface area contributed by atoms with Gasteiger partial charge in [0, 0.05) is 43.9 Å². The number of carbonyl (C=O) groups excluding carboxylic acids is 2. The number of carbonyl (C=O) groups is 2. The van der Waals surface area contributed by atoms with Gasteiger partial charge in [0.1, 0.15) is 5.60 Å². The van der Waals surface area contributed by atoms with Crippen molar-refractivity contribution in [3.63, 3.8) is 0 Å². The molecule has 2 heterocycles. The molecule has 1 aliphatic heterocycles. The van der Waals surface area contributed by atoms with E-state index >= 15 is 0 Å². The molecule has 9 nitrogen and oxygen atoms in total. The van der Waals surface area contributed by atoms with Crippen molar-refractivity contribution >= 4 is 12.0 Å². The van der Waals surface area contributed by atoms with Crippen LogP contribution in [0.15, 0.2) is 9.59 Å². The number of aromatic nitrogens is 2. The Morgan fingerprint density at radius 1 is 1.04 bits per heavy atom. The minimum atomic E-state index is -0.555. The Hall–Kier alpha value is -2.58. The third-order valence-corrected chi connectivity index (χ3v) is 4.13. The van der Waals surface area contributed by atoms with Crippen LogP contribution in [0, 0.1) is 6.92 Å². The smallest absolute Gasteiger partial charge is 0.410 e. The Morgan fingerprint density at radius 2 is 1.62 bits per heavy atom. The van der Waals surface area contributed by atoms with E-state index in [-0.39, 0.29) is 24.8 Å². The quantitative estimate of drug-likeness (QED) is 0.802. The van der Waals surface area contributed by atoms with E-state index in [1.165, 1.54) is 0 Å². The summed E-state index contributed by atoms with van der Waals surface area (Å²) >= 11 is 0. The zero-order chi connectivity index (χ0) is 19.5. The lowest BCUT2D eigenvalue weighted by molar-refractivity contribution is -0.132. The first-order chi connectivity index (χ1) is 12.1. The first kappa shape index (κ1) is 19.7. The van der Waals surface area contributed by atoms with Crippen LogP contribution < -0.4 is 11.2 Å². The van der Waals surface area contributed by atoms with Crippen LogP contribution in [-0.2, 0) is 16.0 Å². The van der Waals surface area contributed by atoms with Crippen molar-refractivity contribution < 1.29 is 14.3 Å². The first-order valence-corrected chi connectivity index (χ1v) is 8.64. The van der Waals surface area contributed by atoms with Gasteiger partial charge in [-0.15, -0.1) is 0 Å². The van der Waals surface area contributed by atoms with Gasteiger partial charge in [-0.2, -0.15) is 0 Å². The summed E-state index contributed by atoms with van der Waals surface area (Å²) in [6, 6.07) is 0. The summed E-state index contributed by atoms with van der Waals surface area (Å²) in [4.78, 5) is 55.4. The lowest BCUT2D eigenvalue weighted by Crippen LogP contribution is -2.51. The summed E-state index contributed by atoms with van der Waals surface area (Å²) in [7, 11) is 0. The fraction of sp³-hybridized carbons (Fsp3) is 0.647. The van der Waals surface area contributed by atoms with E-state index in [1.807, 2.05) is 20.8 Å². The summed E-state index contributed by atoms with van der Waals surface area (Å²) in [6.07, 6.45) is 0.0471. The van der Waals surface area contributed by atoms with Crippen molar-refractivity contribution in [3.05, 3.63) is 32.1 Å². The van der Waals surface area contributed by atoms with Gasteiger partial charge in [-0.3, -0.25) is 14.6 Å². The molecule has 2 rings (SSSR count). The lowest BCUT2D eigenvalue weighted by Gasteiger charge is -2.35. The lowest BCUT2D eigenvalue weighted by atomic mass is 10.1. The number of piperazine rings is 1. The van der Waals surface area contributed by atoms with Crippen molar-refractivity contribution in [1.29, 1.82) is 0 Å². The highest BCUT2D eigenvalue weighted by Gasteiger charge is 2.27. The minimum absolute atomic E-state index is 0.0844. The molecule has 1 aromatic heterocycles. The average Bonchev–Trinajstić information content (AvgIpc) is 2.52. The number of aromatic amines is 2. The summed E-state index contributed by atoms with van der Waals surface area (Å²) in [6.45, 7) is 8.76. The van der Waals surface area contributed by atoms with Crippen LogP contribution in [0.2, 0.25) is 0 Å². The van der Waals surface area contributed by atoms with Gasteiger partial charge in [-0.25, -0.2) is 9.59 Å². The topological polar surface area (TPSA) is 116 Å². The summed E-state index contributed by atoms with van der Waals surface area (Å²) < 4.78 is 5.33. The molecule has 2 amide bonds. The maximum Gasteiger partial charge on any atom is 0.410 e. The molecule has 144 valence electrons. The van der Waals surface area contributed by atoms with E-state index in [0.717, 1.165) is 0 Å². The first-order valence-electron chi connectivity index (χ1n) is 8.64. The van der Waals surface area contributed by atoms with Gasteiger partial charge in [0.05, 0.1) is 0 Å². The Morgan fingerprint density at radius 3 is 2.15 bits per heavy atom. The molecule has 9 heteroatoms. The molecule has 0 saturated carbocycles. The number of nitrogens with zero attached hydrogens (tertiary/aromatic N) is 2. The molecule has 1 aliphatic rings. The molecule has 0 aliphatic carbocycles. The number of H-pyrrole nitrogens is 2. The van der Waals surface area contributed by atoms with Crippen LogP contribution in [0.25, 0.3) is 0 Å². The molecule has 0 bridgehead atoms. The van der Waals surface area contributed by atoms with Gasteiger partial charge in [0.15, 0.2) is 0 Å². The molecule has 0 unspecified atom stereocenters. The predicted molar refractivity (Wildman–Crippen MR) is 95.1 cm³/mol. The Balaban J connectivity index is 1.86. The van der Waals surface area contributed by atoms with Crippen LogP contribution in [0.4, 0.5) is 4.79 Å². The SMILES string of the molecule is Cc1[nH]c(=O)[nH]c(=O)c1CCC(=O)N1CCN(C(=O)OC(C)(C)C)CC1. The third kappa shape index (κ3) is 5.21. The number of hydrogen-bond acceptors (Lipinski definition) is 5. The van der Waals surface area contributed by atoms with E-state index in [0.29, 0.717) is 37.4 Å². The van der Waals surface area contributed by atoms with Gasteiger partial charge in [-0.05, 0) is 34.1 Å². The fourth-order valence-corrected chi connectivity index (χ4v) is 2.78. The molecule has 0 aromatic carbocycles. The molecule has 1 aromatic rings. The largest absolute Gasteiger partial charge is 0.444 e. The van der Waals surface area contributed by atoms with Crippen LogP contribution in [0.1, 0.15) is 38.4 Å². The highest BCUT2D eigenvalue weighted by molar-refractivity contribution is 5.77. The number of aryl methyl sites for hydroxylation is 1. The average molecular weight is 366 g/mol. The monoisotopic (exact) mass is 366 g/mol. The molecule has 1 fully saturated rings. The highest BCUT2D eigenvalue weighted by atomic mass is 16.6. The normalized spacial score (nSPS) is 15.1. The van der Waals surface area contributed by atoms with Crippen molar-refractivity contribution in [1.82, 2.24) is 19.8 Å². The standard InChI is InChI=1S/C17H26N4O5/c1-11-12(14(23)19-15(24)18-11)5-6-13(22)20-7-9-21(10-8-20)16(25)26-17(2,3)4/h5-10H2,1-4H3,(H2,18,19,23,24). The fourth-order valence-electron chi connectivity index (χ4n) is 2.78. The van der Waals surface area contributed by atoms with Crippen LogP contribution in [0.5, 0.6) is 0 Å². The van der Waals surface area contributed by atoms with Crippen LogP contribution in [-0.4, -0.2) is 63.5 Å². The minimum Gasteiger partial charge on any atom is -0.444 e.